The number of nitrogens with one attached hydrogen (secondary N) is 1. The molecule has 0 saturated carbocycles. The number of carbonyl (C=O) groups is 2. The van der Waals surface area contributed by atoms with Crippen molar-refractivity contribution in [3.8, 4) is 0 Å². The highest BCUT2D eigenvalue weighted by molar-refractivity contribution is 5.76. The number of fused-ring (bicyclic) bond motifs is 1. The second-order valence-corrected chi connectivity index (χ2v) is 6.90. The normalized spacial score (nSPS) is 26.7. The molecule has 0 radical (unpaired) electrons. The summed E-state index contributed by atoms with van der Waals surface area (Å²) in [4.78, 5) is 25.3. The molecule has 1 heterocycles. The summed E-state index contributed by atoms with van der Waals surface area (Å²) in [6.07, 6.45) is 2.78. The molecule has 1 saturated heterocycles. The molecule has 3 atom stereocenters. The van der Waals surface area contributed by atoms with Gasteiger partial charge >= 0.3 is 12.0 Å². The van der Waals surface area contributed by atoms with Crippen LogP contribution in [0.3, 0.4) is 0 Å². The zero-order valence-electron chi connectivity index (χ0n) is 13.5. The maximum atomic E-state index is 12.4. The van der Waals surface area contributed by atoms with Crippen molar-refractivity contribution in [2.75, 3.05) is 19.6 Å². The van der Waals surface area contributed by atoms with E-state index in [0.29, 0.717) is 32.0 Å². The predicted octanol–water partition coefficient (Wildman–Crippen LogP) is 2.47. The number of nitrogens with zero attached hydrogens (tertiary/aromatic N) is 1. The first-order chi connectivity index (χ1) is 11.0. The van der Waals surface area contributed by atoms with Gasteiger partial charge in [0.2, 0.25) is 0 Å². The van der Waals surface area contributed by atoms with Crippen molar-refractivity contribution >= 4 is 12.0 Å². The van der Waals surface area contributed by atoms with Gasteiger partial charge in [-0.25, -0.2) is 4.79 Å². The zero-order valence-corrected chi connectivity index (χ0v) is 13.5. The average Bonchev–Trinajstić information content (AvgIpc) is 2.95. The summed E-state index contributed by atoms with van der Waals surface area (Å²) in [5, 5.41) is 12.2. The van der Waals surface area contributed by atoms with Crippen molar-refractivity contribution in [2.45, 2.75) is 32.1 Å². The lowest BCUT2D eigenvalue weighted by Gasteiger charge is -2.34. The Bertz CT molecular complexity index is 602. The number of urea groups is 1. The maximum Gasteiger partial charge on any atom is 0.317 e. The third-order valence-electron chi connectivity index (χ3n) is 5.05. The Morgan fingerprint density at radius 3 is 2.87 bits per heavy atom. The maximum absolute atomic E-state index is 12.4. The van der Waals surface area contributed by atoms with Gasteiger partial charge < -0.3 is 15.3 Å². The van der Waals surface area contributed by atoms with Gasteiger partial charge in [-0.3, -0.25) is 4.79 Å². The molecule has 1 fully saturated rings. The number of carboxylic acids is 1. The second-order valence-electron chi connectivity index (χ2n) is 6.90. The largest absolute Gasteiger partial charge is 0.481 e. The van der Waals surface area contributed by atoms with E-state index in [1.54, 1.807) is 4.90 Å². The van der Waals surface area contributed by atoms with Crippen molar-refractivity contribution in [3.05, 3.63) is 35.4 Å². The number of hydrogen-bond acceptors (Lipinski definition) is 2. The molecule has 1 aliphatic carbocycles. The number of carboxylic acid groups (broad SMARTS) is 1. The number of rotatable bonds is 3. The molecule has 0 aromatic heterocycles. The lowest BCUT2D eigenvalue weighted by atomic mass is 9.91. The molecular formula is C18H24N2O3. The van der Waals surface area contributed by atoms with Crippen molar-refractivity contribution in [1.82, 2.24) is 10.2 Å². The first kappa shape index (κ1) is 15.8. The molecule has 3 unspecified atom stereocenters. The molecule has 1 aromatic carbocycles. The quantitative estimate of drug-likeness (QED) is 0.900. The Morgan fingerprint density at radius 2 is 2.09 bits per heavy atom. The number of benzene rings is 1. The Morgan fingerprint density at radius 1 is 1.30 bits per heavy atom. The minimum atomic E-state index is -0.806. The van der Waals surface area contributed by atoms with Gasteiger partial charge in [0.05, 0.1) is 5.92 Å². The first-order valence-corrected chi connectivity index (χ1v) is 8.38. The average molecular weight is 316 g/mol. The number of piperidine rings is 1. The highest BCUT2D eigenvalue weighted by Crippen LogP contribution is 2.32. The monoisotopic (exact) mass is 316 g/mol. The molecule has 5 heteroatoms. The molecule has 2 aliphatic rings. The number of likely N-dealkylation sites (tertiary alicyclic amines) is 1. The van der Waals surface area contributed by atoms with E-state index in [1.165, 1.54) is 11.1 Å². The van der Waals surface area contributed by atoms with Crippen molar-refractivity contribution in [1.29, 1.82) is 0 Å². The Balaban J connectivity index is 1.56. The van der Waals surface area contributed by atoms with Crippen LogP contribution >= 0.6 is 0 Å². The predicted molar refractivity (Wildman–Crippen MR) is 87.4 cm³/mol. The van der Waals surface area contributed by atoms with Crippen LogP contribution in [0.1, 0.15) is 36.8 Å². The topological polar surface area (TPSA) is 69.6 Å². The van der Waals surface area contributed by atoms with Crippen molar-refractivity contribution in [2.24, 2.45) is 11.8 Å². The van der Waals surface area contributed by atoms with Crippen LogP contribution in [-0.4, -0.2) is 41.6 Å². The smallest absolute Gasteiger partial charge is 0.317 e. The van der Waals surface area contributed by atoms with E-state index in [1.807, 2.05) is 13.0 Å². The molecule has 5 nitrogen and oxygen atoms in total. The van der Waals surface area contributed by atoms with E-state index in [0.717, 1.165) is 12.8 Å². The van der Waals surface area contributed by atoms with Gasteiger partial charge in [0.25, 0.3) is 0 Å². The van der Waals surface area contributed by atoms with Crippen LogP contribution in [-0.2, 0) is 11.2 Å². The van der Waals surface area contributed by atoms with Gasteiger partial charge in [0.15, 0.2) is 0 Å². The van der Waals surface area contributed by atoms with Gasteiger partial charge in [-0.1, -0.05) is 31.2 Å². The lowest BCUT2D eigenvalue weighted by molar-refractivity contribution is -0.143. The highest BCUT2D eigenvalue weighted by Gasteiger charge is 2.32. The molecule has 23 heavy (non-hydrogen) atoms. The van der Waals surface area contributed by atoms with E-state index in [-0.39, 0.29) is 11.9 Å². The third-order valence-corrected chi connectivity index (χ3v) is 5.05. The second kappa shape index (κ2) is 6.60. The standard InChI is InChI=1S/C18H24N2O3/c1-12-8-15(17(21)22)11-20(10-12)18(23)19-9-14-7-6-13-4-2-3-5-16(13)14/h2-5,12,14-15H,6-11H2,1H3,(H,19,23)(H,21,22). The summed E-state index contributed by atoms with van der Waals surface area (Å²) in [5.41, 5.74) is 2.72. The Hall–Kier alpha value is -2.04. The lowest BCUT2D eigenvalue weighted by Crippen LogP contribution is -2.50. The van der Waals surface area contributed by atoms with E-state index in [2.05, 4.69) is 23.5 Å². The third kappa shape index (κ3) is 3.49. The van der Waals surface area contributed by atoms with E-state index in [4.69, 9.17) is 0 Å². The van der Waals surface area contributed by atoms with Crippen molar-refractivity contribution < 1.29 is 14.7 Å². The zero-order chi connectivity index (χ0) is 16.4. The van der Waals surface area contributed by atoms with Crippen molar-refractivity contribution in [3.63, 3.8) is 0 Å². The minimum Gasteiger partial charge on any atom is -0.481 e. The van der Waals surface area contributed by atoms with Crippen LogP contribution in [0.5, 0.6) is 0 Å². The summed E-state index contributed by atoms with van der Waals surface area (Å²) in [6, 6.07) is 8.26. The summed E-state index contributed by atoms with van der Waals surface area (Å²) in [7, 11) is 0. The molecule has 1 aromatic rings. The number of carbonyl (C=O) groups excluding carboxylic acids is 1. The molecule has 124 valence electrons. The highest BCUT2D eigenvalue weighted by atomic mass is 16.4. The fraction of sp³-hybridized carbons (Fsp3) is 0.556. The van der Waals surface area contributed by atoms with Crippen LogP contribution in [0.15, 0.2) is 24.3 Å². The molecule has 1 aliphatic heterocycles. The first-order valence-electron chi connectivity index (χ1n) is 8.38. The minimum absolute atomic E-state index is 0.132. The van der Waals surface area contributed by atoms with Crippen LogP contribution in [0.4, 0.5) is 4.79 Å². The molecule has 0 spiro atoms. The van der Waals surface area contributed by atoms with Crippen LogP contribution < -0.4 is 5.32 Å². The molecule has 0 bridgehead atoms. The molecular weight excluding hydrogens is 292 g/mol. The van der Waals surface area contributed by atoms with E-state index in [9.17, 15) is 14.7 Å². The molecule has 2 amide bonds. The van der Waals surface area contributed by atoms with Gasteiger partial charge in [-0.05, 0) is 36.3 Å². The van der Waals surface area contributed by atoms with E-state index >= 15 is 0 Å². The molecule has 2 N–H and O–H groups in total. The number of aliphatic carboxylic acids is 1. The summed E-state index contributed by atoms with van der Waals surface area (Å²) >= 11 is 0. The van der Waals surface area contributed by atoms with Gasteiger partial charge in [-0.2, -0.15) is 0 Å². The Kier molecular flexibility index (Phi) is 4.55. The summed E-state index contributed by atoms with van der Waals surface area (Å²) in [5.74, 6) is -0.661. The van der Waals surface area contributed by atoms with Crippen LogP contribution in [0, 0.1) is 11.8 Å². The Labute approximate surface area is 136 Å². The fourth-order valence-corrected chi connectivity index (χ4v) is 3.88. The van der Waals surface area contributed by atoms with Crippen LogP contribution in [0.2, 0.25) is 0 Å². The number of hydrogen-bond donors (Lipinski definition) is 2. The number of aryl methyl sites for hydroxylation is 1. The SMILES string of the molecule is CC1CC(C(=O)O)CN(C(=O)NCC2CCc3ccccc32)C1. The molecule has 3 rings (SSSR count). The van der Waals surface area contributed by atoms with Gasteiger partial charge in [-0.15, -0.1) is 0 Å². The number of amides is 2. The summed E-state index contributed by atoms with van der Waals surface area (Å²) in [6.45, 7) is 3.57. The fourth-order valence-electron chi connectivity index (χ4n) is 3.88. The summed E-state index contributed by atoms with van der Waals surface area (Å²) < 4.78 is 0. The van der Waals surface area contributed by atoms with Crippen LogP contribution in [0.25, 0.3) is 0 Å². The van der Waals surface area contributed by atoms with Gasteiger partial charge in [0.1, 0.15) is 0 Å². The van der Waals surface area contributed by atoms with Gasteiger partial charge in [0, 0.05) is 25.6 Å². The van der Waals surface area contributed by atoms with E-state index < -0.39 is 11.9 Å².